The number of sulfone groups is 1. The van der Waals surface area contributed by atoms with E-state index in [0.29, 0.717) is 50.1 Å². The third-order valence-corrected chi connectivity index (χ3v) is 12.7. The Bertz CT molecular complexity index is 2140. The third-order valence-electron chi connectivity index (χ3n) is 10.7. The molecule has 7 nitrogen and oxygen atoms in total. The average Bonchev–Trinajstić information content (AvgIpc) is 3.48. The summed E-state index contributed by atoms with van der Waals surface area (Å²) >= 11 is 0. The Morgan fingerprint density at radius 2 is 1.55 bits per heavy atom. The van der Waals surface area contributed by atoms with Gasteiger partial charge in [-0.25, -0.2) is 8.42 Å². The molecular weight excluding hydrogens is 708 g/mol. The second-order valence-corrected chi connectivity index (χ2v) is 16.7. The van der Waals surface area contributed by atoms with Crippen LogP contribution in [0, 0.1) is 0 Å². The van der Waals surface area contributed by atoms with Gasteiger partial charge in [-0.2, -0.15) is 11.0 Å². The quantitative estimate of drug-likeness (QED) is 0.110. The van der Waals surface area contributed by atoms with E-state index in [-0.39, 0.29) is 73.5 Å². The molecule has 53 heavy (non-hydrogen) atoms. The van der Waals surface area contributed by atoms with Crippen LogP contribution in [-0.2, 0) is 30.3 Å². The molecule has 0 saturated heterocycles. The Balaban J connectivity index is 0.00000541. The van der Waals surface area contributed by atoms with E-state index >= 15 is 0 Å². The van der Waals surface area contributed by atoms with Gasteiger partial charge in [0.15, 0.2) is 5.71 Å². The summed E-state index contributed by atoms with van der Waals surface area (Å²) < 4.78 is 31.5. The van der Waals surface area contributed by atoms with E-state index in [1.807, 2.05) is 54.8 Å². The summed E-state index contributed by atoms with van der Waals surface area (Å²) in [6.45, 7) is 9.83. The Morgan fingerprint density at radius 1 is 0.868 bits per heavy atom. The fraction of sp³-hybridized carbons (Fsp3) is 0.341. The Hall–Kier alpha value is -3.18. The molecule has 0 fully saturated rings. The molecule has 2 aliphatic heterocycles. The van der Waals surface area contributed by atoms with Gasteiger partial charge in [-0.05, 0) is 80.5 Å². The molecule has 3 aromatic carbocycles. The van der Waals surface area contributed by atoms with Gasteiger partial charge in [0.1, 0.15) is 6.54 Å². The van der Waals surface area contributed by atoms with Crippen LogP contribution in [0.1, 0.15) is 83.8 Å². The number of hydrogen-bond donors (Lipinski definition) is 0. The maximum atomic E-state index is 14.6. The van der Waals surface area contributed by atoms with Gasteiger partial charge in [-0.3, -0.25) is 6.29 Å². The minimum atomic E-state index is -3.91. The Kier molecular flexibility index (Phi) is 13.2. The number of unbranched alkanes of at least 4 members (excludes halogenated alkanes) is 1. The second-order valence-electron chi connectivity index (χ2n) is 14.8. The number of benzene rings is 3. The summed E-state index contributed by atoms with van der Waals surface area (Å²) in [7, 11) is -3.91. The van der Waals surface area contributed by atoms with Gasteiger partial charge < -0.3 is 19.6 Å². The molecule has 270 valence electrons. The van der Waals surface area contributed by atoms with Gasteiger partial charge in [0.05, 0.1) is 15.2 Å². The fourth-order valence-corrected chi connectivity index (χ4v) is 9.88. The van der Waals surface area contributed by atoms with Crippen molar-refractivity contribution < 1.29 is 79.1 Å². The van der Waals surface area contributed by atoms with E-state index in [1.54, 1.807) is 24.3 Å². The standard InChI is InChI=1S/C44H48N2O5S.K/c1-43(2)35-20-8-10-22-37(35)45(29-12-13-31-47)39(43)27-25-32-16-14-17-33(42(32)52(50,51)34-18-6-5-7-19-34)26-28-40-44(3,4)36-21-9-11-23-38(36)46(40)30-15-24-41(48)49;/h5-11,18-23,25-28H,12-17,24,29-30H2,1-4H3,(H,48,49);/q;+1/p-1. The molecule has 9 heteroatoms. The summed E-state index contributed by atoms with van der Waals surface area (Å²) in [6, 6.07) is 25.1. The molecule has 2 heterocycles. The van der Waals surface area contributed by atoms with Crippen molar-refractivity contribution in [3.05, 3.63) is 136 Å². The molecule has 0 amide bonds. The zero-order valence-electron chi connectivity index (χ0n) is 31.5. The topological polar surface area (TPSA) is 97.6 Å². The van der Waals surface area contributed by atoms with Crippen molar-refractivity contribution >= 4 is 39.2 Å². The van der Waals surface area contributed by atoms with Crippen molar-refractivity contribution in [2.75, 3.05) is 18.0 Å². The van der Waals surface area contributed by atoms with Crippen LogP contribution in [-0.4, -0.2) is 44.0 Å². The first kappa shape index (κ1) is 41.0. The van der Waals surface area contributed by atoms with Crippen molar-refractivity contribution in [3.8, 4) is 0 Å². The molecule has 0 atom stereocenters. The minimum Gasteiger partial charge on any atom is -0.550 e. The molecule has 1 aliphatic carbocycles. The Labute approximate surface area is 357 Å². The van der Waals surface area contributed by atoms with Crippen LogP contribution in [0.3, 0.4) is 0 Å². The predicted octanol–water partition coefficient (Wildman–Crippen LogP) is 4.56. The van der Waals surface area contributed by atoms with Gasteiger partial charge in [-0.1, -0.05) is 87.0 Å². The first-order valence-electron chi connectivity index (χ1n) is 18.2. The smallest absolute Gasteiger partial charge is 0.550 e. The number of hydrogen-bond acceptors (Lipinski definition) is 6. The fourth-order valence-electron chi connectivity index (χ4n) is 8.10. The zero-order valence-corrected chi connectivity index (χ0v) is 35.5. The van der Waals surface area contributed by atoms with Crippen molar-refractivity contribution in [1.29, 1.82) is 0 Å². The first-order chi connectivity index (χ1) is 24.9. The number of anilines is 1. The summed E-state index contributed by atoms with van der Waals surface area (Å²) in [6.07, 6.45) is 13.5. The number of carbonyl (C=O) groups is 1. The summed E-state index contributed by atoms with van der Waals surface area (Å²) in [5.41, 5.74) is 7.30. The number of rotatable bonds is 13. The Morgan fingerprint density at radius 3 is 2.26 bits per heavy atom. The van der Waals surface area contributed by atoms with Crippen LogP contribution < -0.4 is 61.4 Å². The van der Waals surface area contributed by atoms with Crippen molar-refractivity contribution in [3.63, 3.8) is 0 Å². The number of nitrogens with zero attached hydrogens (tertiary/aromatic N) is 2. The summed E-state index contributed by atoms with van der Waals surface area (Å²) in [5, 5.41) is 11.3. The second kappa shape index (κ2) is 17.1. The van der Waals surface area contributed by atoms with Crippen molar-refractivity contribution in [2.45, 2.75) is 88.4 Å². The molecule has 3 aromatic rings. The number of fused-ring (bicyclic) bond motifs is 2. The molecule has 3 aliphatic rings. The summed E-state index contributed by atoms with van der Waals surface area (Å²) in [4.78, 5) is 25.3. The third kappa shape index (κ3) is 8.26. The molecule has 0 bridgehead atoms. The van der Waals surface area contributed by atoms with Crippen LogP contribution in [0.2, 0.25) is 0 Å². The van der Waals surface area contributed by atoms with Crippen LogP contribution in [0.25, 0.3) is 0 Å². The van der Waals surface area contributed by atoms with Crippen LogP contribution >= 0.6 is 0 Å². The normalized spacial score (nSPS) is 19.1. The average molecular weight is 755 g/mol. The number of carboxylic acids is 1. The first-order valence-corrected chi connectivity index (χ1v) is 19.7. The van der Waals surface area contributed by atoms with Gasteiger partial charge in [0, 0.05) is 53.4 Å². The van der Waals surface area contributed by atoms with E-state index in [9.17, 15) is 23.1 Å². The monoisotopic (exact) mass is 754 g/mol. The number of carboxylic acid groups (broad SMARTS) is 1. The van der Waals surface area contributed by atoms with Gasteiger partial charge in [-0.15, -0.1) is 0 Å². The number of carbonyl (C=O) groups excluding carboxylic acids is 2. The maximum absolute atomic E-state index is 14.6. The van der Waals surface area contributed by atoms with Crippen molar-refractivity contribution in [1.82, 2.24) is 0 Å². The minimum absolute atomic E-state index is 0. The largest absolute Gasteiger partial charge is 1.00 e. The van der Waals surface area contributed by atoms with E-state index in [0.717, 1.165) is 45.9 Å². The van der Waals surface area contributed by atoms with E-state index in [1.165, 1.54) is 5.56 Å². The SMILES string of the molecule is CC1(C)C(/C=C/C2=C(S(=O)(=O)c3ccccc3)C(=C/C=C3/N(CCC[C-]=O)c4ccccc4C3(C)C)/CCC2)=[N+](CCCC(=O)[O-])c2ccccc21.[K+]. The summed E-state index contributed by atoms with van der Waals surface area (Å²) in [5.74, 6) is -1.08. The molecule has 6 rings (SSSR count). The van der Waals surface area contributed by atoms with E-state index in [2.05, 4.69) is 67.5 Å². The molecular formula is C44H47KN2O5S. The molecule has 0 saturated carbocycles. The van der Waals surface area contributed by atoms with Gasteiger partial charge >= 0.3 is 51.4 Å². The predicted molar refractivity (Wildman–Crippen MR) is 205 cm³/mol. The molecule has 0 radical (unpaired) electrons. The molecule has 0 N–H and O–H groups in total. The number of allylic oxidation sites excluding steroid dienone is 7. The van der Waals surface area contributed by atoms with Gasteiger partial charge in [0.25, 0.3) is 0 Å². The van der Waals surface area contributed by atoms with E-state index < -0.39 is 15.8 Å². The number of para-hydroxylation sites is 2. The van der Waals surface area contributed by atoms with Crippen LogP contribution in [0.4, 0.5) is 11.4 Å². The maximum Gasteiger partial charge on any atom is 1.00 e. The number of aliphatic carboxylic acids is 1. The van der Waals surface area contributed by atoms with E-state index in [4.69, 9.17) is 0 Å². The molecule has 0 aromatic heterocycles. The molecule has 0 spiro atoms. The zero-order chi connectivity index (χ0) is 37.1. The van der Waals surface area contributed by atoms with Crippen LogP contribution in [0.15, 0.2) is 130 Å². The molecule has 0 unspecified atom stereocenters. The van der Waals surface area contributed by atoms with Crippen LogP contribution in [0.5, 0.6) is 0 Å². The van der Waals surface area contributed by atoms with Crippen molar-refractivity contribution in [2.24, 2.45) is 0 Å². The van der Waals surface area contributed by atoms with Gasteiger partial charge in [0.2, 0.25) is 15.5 Å².